The average Bonchev–Trinajstić information content (AvgIpc) is 3.18. The number of amides is 1. The molecule has 0 atom stereocenters. The molecule has 32 heavy (non-hydrogen) atoms. The zero-order valence-electron chi connectivity index (χ0n) is 17.8. The number of aromatic nitrogens is 2. The number of ether oxygens (including phenoxy) is 1. The lowest BCUT2D eigenvalue weighted by molar-refractivity contribution is 0.0520. The van der Waals surface area contributed by atoms with Gasteiger partial charge in [-0.1, -0.05) is 35.4 Å². The quantitative estimate of drug-likeness (QED) is 0.455. The van der Waals surface area contributed by atoms with Crippen LogP contribution < -0.4 is 10.9 Å². The normalized spacial score (nSPS) is 10.8. The minimum Gasteiger partial charge on any atom is -0.461 e. The van der Waals surface area contributed by atoms with Crippen LogP contribution in [0.2, 0.25) is 0 Å². The Kier molecular flexibility index (Phi) is 5.87. The van der Waals surface area contributed by atoms with E-state index >= 15 is 0 Å². The SMILES string of the molecule is CCOC(=O)c1nn(-c2ccccc2)c(=O)c2c(NC(=O)c3cc(C)cc(C)c3)scc12. The molecule has 0 saturated heterocycles. The summed E-state index contributed by atoms with van der Waals surface area (Å²) < 4.78 is 6.31. The maximum atomic E-state index is 13.4. The maximum Gasteiger partial charge on any atom is 0.359 e. The molecule has 4 rings (SSSR count). The van der Waals surface area contributed by atoms with Crippen molar-refractivity contribution in [3.05, 3.63) is 86.6 Å². The third kappa shape index (κ3) is 4.04. The number of esters is 1. The summed E-state index contributed by atoms with van der Waals surface area (Å²) in [5, 5.41) is 9.69. The van der Waals surface area contributed by atoms with E-state index in [1.165, 1.54) is 11.3 Å². The Hall–Kier alpha value is -3.78. The molecule has 2 heterocycles. The van der Waals surface area contributed by atoms with Crippen molar-refractivity contribution < 1.29 is 14.3 Å². The number of nitrogens with one attached hydrogen (secondary N) is 1. The fraction of sp³-hybridized carbons (Fsp3) is 0.167. The topological polar surface area (TPSA) is 90.3 Å². The van der Waals surface area contributed by atoms with E-state index in [2.05, 4.69) is 10.4 Å². The van der Waals surface area contributed by atoms with Gasteiger partial charge in [0.05, 0.1) is 17.7 Å². The summed E-state index contributed by atoms with van der Waals surface area (Å²) in [5.41, 5.74) is 2.51. The van der Waals surface area contributed by atoms with E-state index in [1.807, 2.05) is 26.0 Å². The molecule has 1 N–H and O–H groups in total. The number of anilines is 1. The molecule has 0 aliphatic rings. The second kappa shape index (κ2) is 8.76. The summed E-state index contributed by atoms with van der Waals surface area (Å²) in [5.74, 6) is -0.965. The Bertz CT molecular complexity index is 1370. The van der Waals surface area contributed by atoms with E-state index in [1.54, 1.807) is 48.7 Å². The Labute approximate surface area is 188 Å². The monoisotopic (exact) mass is 447 g/mol. The number of hydrogen-bond donors (Lipinski definition) is 1. The van der Waals surface area contributed by atoms with Gasteiger partial charge in [-0.3, -0.25) is 9.59 Å². The molecule has 0 aliphatic carbocycles. The highest BCUT2D eigenvalue weighted by molar-refractivity contribution is 7.16. The van der Waals surface area contributed by atoms with Crippen LogP contribution in [-0.4, -0.2) is 28.3 Å². The van der Waals surface area contributed by atoms with Crippen molar-refractivity contribution in [2.24, 2.45) is 0 Å². The third-order valence-electron chi connectivity index (χ3n) is 4.83. The molecule has 8 heteroatoms. The van der Waals surface area contributed by atoms with E-state index in [0.717, 1.165) is 15.8 Å². The minimum atomic E-state index is -0.632. The van der Waals surface area contributed by atoms with Gasteiger partial charge in [-0.05, 0) is 45.0 Å². The van der Waals surface area contributed by atoms with Crippen LogP contribution in [0.15, 0.2) is 58.7 Å². The Morgan fingerprint density at radius 2 is 1.78 bits per heavy atom. The molecule has 0 bridgehead atoms. The summed E-state index contributed by atoms with van der Waals surface area (Å²) in [6, 6.07) is 14.3. The maximum absolute atomic E-state index is 13.4. The van der Waals surface area contributed by atoms with Crippen LogP contribution >= 0.6 is 11.3 Å². The van der Waals surface area contributed by atoms with Gasteiger partial charge in [0.2, 0.25) is 0 Å². The van der Waals surface area contributed by atoms with E-state index in [9.17, 15) is 14.4 Å². The average molecular weight is 448 g/mol. The predicted molar refractivity (Wildman–Crippen MR) is 125 cm³/mol. The van der Waals surface area contributed by atoms with Crippen molar-refractivity contribution in [1.29, 1.82) is 0 Å². The van der Waals surface area contributed by atoms with Crippen LogP contribution in [0.3, 0.4) is 0 Å². The molecule has 1 amide bonds. The van der Waals surface area contributed by atoms with Gasteiger partial charge in [0.15, 0.2) is 5.69 Å². The van der Waals surface area contributed by atoms with Gasteiger partial charge in [0, 0.05) is 16.3 Å². The van der Waals surface area contributed by atoms with Crippen LogP contribution in [0.5, 0.6) is 0 Å². The van der Waals surface area contributed by atoms with Crippen molar-refractivity contribution in [1.82, 2.24) is 9.78 Å². The zero-order valence-corrected chi connectivity index (χ0v) is 18.7. The Morgan fingerprint density at radius 3 is 2.44 bits per heavy atom. The lowest BCUT2D eigenvalue weighted by Gasteiger charge is -2.10. The molecular weight excluding hydrogens is 426 g/mol. The van der Waals surface area contributed by atoms with Crippen LogP contribution in [0, 0.1) is 13.8 Å². The lowest BCUT2D eigenvalue weighted by Crippen LogP contribution is -2.25. The fourth-order valence-corrected chi connectivity index (χ4v) is 4.45. The number of nitrogens with zero attached hydrogens (tertiary/aromatic N) is 2. The molecule has 0 radical (unpaired) electrons. The van der Waals surface area contributed by atoms with Crippen molar-refractivity contribution in [3.8, 4) is 5.69 Å². The second-order valence-corrected chi connectivity index (χ2v) is 8.19. The van der Waals surface area contributed by atoms with Gasteiger partial charge in [-0.2, -0.15) is 9.78 Å². The van der Waals surface area contributed by atoms with Gasteiger partial charge >= 0.3 is 5.97 Å². The molecule has 2 aromatic carbocycles. The van der Waals surface area contributed by atoms with E-state index < -0.39 is 11.5 Å². The van der Waals surface area contributed by atoms with Gasteiger partial charge in [-0.15, -0.1) is 11.3 Å². The van der Waals surface area contributed by atoms with Crippen LogP contribution in [0.4, 0.5) is 5.00 Å². The van der Waals surface area contributed by atoms with Gasteiger partial charge in [0.25, 0.3) is 11.5 Å². The summed E-state index contributed by atoms with van der Waals surface area (Å²) >= 11 is 1.17. The smallest absolute Gasteiger partial charge is 0.359 e. The highest BCUT2D eigenvalue weighted by atomic mass is 32.1. The molecule has 0 spiro atoms. The van der Waals surface area contributed by atoms with Gasteiger partial charge in [0.1, 0.15) is 5.00 Å². The van der Waals surface area contributed by atoms with Crippen molar-refractivity contribution in [2.45, 2.75) is 20.8 Å². The van der Waals surface area contributed by atoms with E-state index in [0.29, 0.717) is 21.6 Å². The number of thiophene rings is 1. The molecule has 0 saturated carbocycles. The zero-order chi connectivity index (χ0) is 22.8. The first-order valence-electron chi connectivity index (χ1n) is 10.1. The number of fused-ring (bicyclic) bond motifs is 1. The molecule has 4 aromatic rings. The highest BCUT2D eigenvalue weighted by Crippen LogP contribution is 2.31. The lowest BCUT2D eigenvalue weighted by atomic mass is 10.1. The largest absolute Gasteiger partial charge is 0.461 e. The highest BCUT2D eigenvalue weighted by Gasteiger charge is 2.23. The molecule has 0 fully saturated rings. The van der Waals surface area contributed by atoms with Crippen molar-refractivity contribution in [2.75, 3.05) is 11.9 Å². The van der Waals surface area contributed by atoms with E-state index in [4.69, 9.17) is 4.74 Å². The minimum absolute atomic E-state index is 0.0217. The number of para-hydroxylation sites is 1. The number of hydrogen-bond acceptors (Lipinski definition) is 6. The number of rotatable bonds is 5. The Morgan fingerprint density at radius 1 is 1.09 bits per heavy atom. The third-order valence-corrected chi connectivity index (χ3v) is 5.73. The van der Waals surface area contributed by atoms with Crippen LogP contribution in [0.1, 0.15) is 38.9 Å². The number of benzene rings is 2. The molecule has 162 valence electrons. The predicted octanol–water partition coefficient (Wildman–Crippen LogP) is 4.49. The first-order chi connectivity index (χ1) is 15.4. The summed E-state index contributed by atoms with van der Waals surface area (Å²) in [6.45, 7) is 5.71. The van der Waals surface area contributed by atoms with E-state index in [-0.39, 0.29) is 23.6 Å². The Balaban J connectivity index is 1.87. The molecule has 0 aliphatic heterocycles. The molecule has 0 unspecified atom stereocenters. The summed E-state index contributed by atoms with van der Waals surface area (Å²) in [6.07, 6.45) is 0. The first kappa shape index (κ1) is 21.5. The summed E-state index contributed by atoms with van der Waals surface area (Å²) in [4.78, 5) is 38.9. The standard InChI is InChI=1S/C24H21N3O4S/c1-4-31-24(30)20-18-13-32-22(25-21(28)16-11-14(2)10-15(3)12-16)19(18)23(29)27(26-20)17-8-6-5-7-9-17/h5-13H,4H2,1-3H3,(H,25,28). The van der Waals surface area contributed by atoms with Crippen molar-refractivity contribution >= 4 is 39.0 Å². The molecule has 2 aromatic heterocycles. The van der Waals surface area contributed by atoms with Gasteiger partial charge in [-0.25, -0.2) is 4.79 Å². The molecular formula is C24H21N3O4S. The van der Waals surface area contributed by atoms with Crippen molar-refractivity contribution in [3.63, 3.8) is 0 Å². The van der Waals surface area contributed by atoms with Crippen LogP contribution in [0.25, 0.3) is 16.5 Å². The summed E-state index contributed by atoms with van der Waals surface area (Å²) in [7, 11) is 0. The second-order valence-electron chi connectivity index (χ2n) is 7.31. The fourth-order valence-electron chi connectivity index (χ4n) is 3.52. The number of aryl methyl sites for hydroxylation is 2. The molecule has 7 nitrogen and oxygen atoms in total. The van der Waals surface area contributed by atoms with Crippen LogP contribution in [-0.2, 0) is 4.74 Å². The number of carbonyl (C=O) groups excluding carboxylic acids is 2. The first-order valence-corrected chi connectivity index (χ1v) is 10.9. The van der Waals surface area contributed by atoms with Gasteiger partial charge < -0.3 is 10.1 Å². The number of carbonyl (C=O) groups is 2.